The number of rotatable bonds is 5. The first kappa shape index (κ1) is 24.1. The third-order valence-corrected chi connectivity index (χ3v) is 5.70. The molecule has 0 amide bonds. The highest BCUT2D eigenvalue weighted by Crippen LogP contribution is 2.46. The topological polar surface area (TPSA) is 76.0 Å². The Morgan fingerprint density at radius 2 is 1.85 bits per heavy atom. The summed E-state index contributed by atoms with van der Waals surface area (Å²) in [4.78, 5) is 26.6. The number of fused-ring (bicyclic) bond motifs is 3. The number of hydrogen-bond donors (Lipinski definition) is 0. The summed E-state index contributed by atoms with van der Waals surface area (Å²) in [6.07, 6.45) is -1.15. The van der Waals surface area contributed by atoms with Gasteiger partial charge in [0, 0.05) is 24.0 Å². The molecular formula is C26H28ClNO6. The summed E-state index contributed by atoms with van der Waals surface area (Å²) >= 11 is 6.53. The van der Waals surface area contributed by atoms with Crippen molar-refractivity contribution in [2.75, 3.05) is 6.61 Å². The van der Waals surface area contributed by atoms with E-state index >= 15 is 0 Å². The number of para-hydroxylation sites is 1. The summed E-state index contributed by atoms with van der Waals surface area (Å²) < 4.78 is 24.4. The summed E-state index contributed by atoms with van der Waals surface area (Å²) in [5.41, 5.74) is 1.09. The highest BCUT2D eigenvalue weighted by atomic mass is 35.5. The first-order valence-electron chi connectivity index (χ1n) is 11.2. The van der Waals surface area contributed by atoms with Crippen molar-refractivity contribution < 1.29 is 28.5 Å². The highest BCUT2D eigenvalue weighted by Gasteiger charge is 2.41. The molecule has 2 aromatic carbocycles. The summed E-state index contributed by atoms with van der Waals surface area (Å²) in [5.74, 6) is -0.960. The van der Waals surface area contributed by atoms with E-state index in [1.54, 1.807) is 32.9 Å². The Balaban J connectivity index is 1.80. The quantitative estimate of drug-likeness (QED) is 0.409. The van der Waals surface area contributed by atoms with E-state index in [2.05, 4.69) is 0 Å². The van der Waals surface area contributed by atoms with Crippen LogP contribution in [-0.4, -0.2) is 35.1 Å². The molecule has 0 N–H and O–H groups in total. The number of carbonyl (C=O) groups is 2. The molecule has 8 heteroatoms. The van der Waals surface area contributed by atoms with Gasteiger partial charge in [0.15, 0.2) is 0 Å². The lowest BCUT2D eigenvalue weighted by molar-refractivity contribution is -0.153. The Bertz CT molecular complexity index is 1200. The molecule has 0 saturated heterocycles. The summed E-state index contributed by atoms with van der Waals surface area (Å²) in [7, 11) is 0. The van der Waals surface area contributed by atoms with Crippen LogP contribution in [0.5, 0.6) is 5.88 Å². The zero-order valence-electron chi connectivity index (χ0n) is 19.7. The average Bonchev–Trinajstić information content (AvgIpc) is 3.12. The summed E-state index contributed by atoms with van der Waals surface area (Å²) in [6.45, 7) is 7.67. The number of nitrogens with zero attached hydrogens (tertiary/aromatic N) is 1. The van der Waals surface area contributed by atoms with Crippen LogP contribution < -0.4 is 4.74 Å². The third-order valence-electron chi connectivity index (χ3n) is 5.39. The van der Waals surface area contributed by atoms with Crippen molar-refractivity contribution in [3.05, 3.63) is 64.7 Å². The second-order valence-electron chi connectivity index (χ2n) is 9.05. The van der Waals surface area contributed by atoms with Crippen molar-refractivity contribution in [1.29, 1.82) is 0 Å². The van der Waals surface area contributed by atoms with E-state index in [9.17, 15) is 9.59 Å². The fourth-order valence-corrected chi connectivity index (χ4v) is 4.31. The van der Waals surface area contributed by atoms with Crippen LogP contribution in [0.25, 0.3) is 10.9 Å². The SMILES string of the molecule is CCO[C@@H]1C[C@H](C(=O)OCc2ccccc2)c2c(n(C(=O)OC(C)(C)C)c3c(Cl)cccc23)O1. The maximum Gasteiger partial charge on any atom is 0.421 e. The Hall–Kier alpha value is -3.03. The van der Waals surface area contributed by atoms with Gasteiger partial charge in [-0.1, -0.05) is 54.1 Å². The van der Waals surface area contributed by atoms with Crippen molar-refractivity contribution in [1.82, 2.24) is 4.57 Å². The molecule has 0 radical (unpaired) electrons. The van der Waals surface area contributed by atoms with Crippen LogP contribution in [0.4, 0.5) is 4.79 Å². The first-order chi connectivity index (χ1) is 16.2. The Labute approximate surface area is 203 Å². The molecule has 0 bridgehead atoms. The molecule has 180 valence electrons. The van der Waals surface area contributed by atoms with Crippen LogP contribution >= 0.6 is 11.6 Å². The number of aromatic nitrogens is 1. The molecule has 1 aliphatic heterocycles. The Morgan fingerprint density at radius 1 is 1.12 bits per heavy atom. The van der Waals surface area contributed by atoms with Gasteiger partial charge >= 0.3 is 12.1 Å². The monoisotopic (exact) mass is 485 g/mol. The molecule has 1 aliphatic rings. The molecule has 3 aromatic rings. The number of benzene rings is 2. The van der Waals surface area contributed by atoms with E-state index in [0.29, 0.717) is 28.1 Å². The van der Waals surface area contributed by atoms with Gasteiger partial charge in [0.05, 0.1) is 16.5 Å². The molecule has 4 rings (SSSR count). The number of hydrogen-bond acceptors (Lipinski definition) is 6. The van der Waals surface area contributed by atoms with E-state index in [1.807, 2.05) is 43.3 Å². The lowest BCUT2D eigenvalue weighted by atomic mass is 9.92. The van der Waals surface area contributed by atoms with E-state index in [0.717, 1.165) is 5.56 Å². The minimum Gasteiger partial charge on any atom is -0.460 e. The second-order valence-corrected chi connectivity index (χ2v) is 9.46. The molecule has 0 saturated carbocycles. The van der Waals surface area contributed by atoms with Crippen LogP contribution in [-0.2, 0) is 25.6 Å². The second kappa shape index (κ2) is 9.68. The summed E-state index contributed by atoms with van der Waals surface area (Å²) in [5, 5.41) is 0.968. The van der Waals surface area contributed by atoms with Gasteiger partial charge in [0.1, 0.15) is 12.2 Å². The van der Waals surface area contributed by atoms with Crippen molar-refractivity contribution in [3.8, 4) is 5.88 Å². The lowest BCUT2D eigenvalue weighted by Crippen LogP contribution is -2.34. The molecule has 0 unspecified atom stereocenters. The molecule has 0 aliphatic carbocycles. The van der Waals surface area contributed by atoms with Crippen LogP contribution in [0.15, 0.2) is 48.5 Å². The summed E-state index contributed by atoms with van der Waals surface area (Å²) in [6, 6.07) is 14.7. The fraction of sp³-hybridized carbons (Fsp3) is 0.385. The van der Waals surface area contributed by atoms with Crippen molar-refractivity contribution in [2.45, 2.75) is 58.5 Å². The predicted octanol–water partition coefficient (Wildman–Crippen LogP) is 6.05. The number of ether oxygens (including phenoxy) is 4. The third kappa shape index (κ3) is 4.91. The van der Waals surface area contributed by atoms with Gasteiger partial charge in [-0.3, -0.25) is 4.79 Å². The van der Waals surface area contributed by atoms with E-state index in [4.69, 9.17) is 30.5 Å². The minimum absolute atomic E-state index is 0.136. The Morgan fingerprint density at radius 3 is 2.53 bits per heavy atom. The highest BCUT2D eigenvalue weighted by molar-refractivity contribution is 6.35. The number of carbonyl (C=O) groups excluding carboxylic acids is 2. The molecule has 1 aromatic heterocycles. The number of halogens is 1. The van der Waals surface area contributed by atoms with E-state index in [1.165, 1.54) is 4.57 Å². The lowest BCUT2D eigenvalue weighted by Gasteiger charge is -2.30. The maximum absolute atomic E-state index is 13.3. The fourth-order valence-electron chi connectivity index (χ4n) is 4.05. The molecule has 2 atom stereocenters. The smallest absolute Gasteiger partial charge is 0.421 e. The largest absolute Gasteiger partial charge is 0.460 e. The zero-order valence-corrected chi connectivity index (χ0v) is 20.4. The molecule has 7 nitrogen and oxygen atoms in total. The van der Waals surface area contributed by atoms with Gasteiger partial charge in [-0.25, -0.2) is 9.36 Å². The predicted molar refractivity (Wildman–Crippen MR) is 128 cm³/mol. The first-order valence-corrected chi connectivity index (χ1v) is 11.6. The van der Waals surface area contributed by atoms with Crippen LogP contribution in [0.1, 0.15) is 51.2 Å². The van der Waals surface area contributed by atoms with Gasteiger partial charge in [0.2, 0.25) is 12.2 Å². The molecule has 34 heavy (non-hydrogen) atoms. The molecule has 0 fully saturated rings. The molecule has 2 heterocycles. The van der Waals surface area contributed by atoms with Gasteiger partial charge in [-0.05, 0) is 39.3 Å². The standard InChI is InChI=1S/C26H28ClNO6/c1-5-31-20-14-18(24(29)32-15-16-10-7-6-8-11-16)21-17-12-9-13-19(27)22(17)28(23(21)33-20)25(30)34-26(2,3)4/h6-13,18,20H,5,14-15H2,1-4H3/t18-,20-/m0/s1. The van der Waals surface area contributed by atoms with Gasteiger partial charge in [0.25, 0.3) is 0 Å². The van der Waals surface area contributed by atoms with Crippen molar-refractivity contribution >= 4 is 34.6 Å². The van der Waals surface area contributed by atoms with Crippen LogP contribution in [0, 0.1) is 0 Å². The van der Waals surface area contributed by atoms with Gasteiger partial charge in [-0.15, -0.1) is 0 Å². The van der Waals surface area contributed by atoms with Gasteiger partial charge in [-0.2, -0.15) is 0 Å². The van der Waals surface area contributed by atoms with Crippen LogP contribution in [0.3, 0.4) is 0 Å². The molecule has 0 spiro atoms. The van der Waals surface area contributed by atoms with Gasteiger partial charge < -0.3 is 18.9 Å². The zero-order chi connectivity index (χ0) is 24.5. The maximum atomic E-state index is 13.3. The van der Waals surface area contributed by atoms with Crippen LogP contribution in [0.2, 0.25) is 5.02 Å². The Kier molecular flexibility index (Phi) is 6.86. The van der Waals surface area contributed by atoms with E-state index in [-0.39, 0.29) is 18.9 Å². The minimum atomic E-state index is -0.746. The molecular weight excluding hydrogens is 458 g/mol. The van der Waals surface area contributed by atoms with E-state index < -0.39 is 29.9 Å². The number of esters is 1. The van der Waals surface area contributed by atoms with Crippen molar-refractivity contribution in [2.24, 2.45) is 0 Å². The van der Waals surface area contributed by atoms with Crippen molar-refractivity contribution in [3.63, 3.8) is 0 Å². The average molecular weight is 486 g/mol. The normalized spacial score (nSPS) is 17.7.